The summed E-state index contributed by atoms with van der Waals surface area (Å²) >= 11 is 0. The van der Waals surface area contributed by atoms with Gasteiger partial charge in [0, 0.05) is 58.2 Å². The molecule has 0 radical (unpaired) electrons. The molecular weight excluding hydrogens is 668 g/mol. The van der Waals surface area contributed by atoms with Crippen LogP contribution in [0.15, 0.2) is 30.3 Å². The summed E-state index contributed by atoms with van der Waals surface area (Å²) in [6.45, 7) is 12.2. The maximum Gasteiger partial charge on any atom is 0.320 e. The van der Waals surface area contributed by atoms with Crippen molar-refractivity contribution >= 4 is 23.8 Å². The number of amides is 5. The average Bonchev–Trinajstić information content (AvgIpc) is 3.15. The summed E-state index contributed by atoms with van der Waals surface area (Å²) in [5, 5.41) is 18.2. The molecule has 5 amide bonds. The average molecular weight is 739 g/mol. The lowest BCUT2D eigenvalue weighted by Crippen LogP contribution is -2.66. The number of likely N-dealkylation sites (N-methyl/N-ethyl adjacent to an activating group) is 1. The first-order chi connectivity index (χ1) is 25.5. The molecule has 3 aliphatic rings. The molecule has 11 heteroatoms. The minimum atomic E-state index is -0.906. The van der Waals surface area contributed by atoms with E-state index in [-0.39, 0.29) is 48.6 Å². The summed E-state index contributed by atoms with van der Waals surface area (Å²) in [6, 6.07) is 7.71. The number of nitrogens with one attached hydrogen (secondary N) is 2. The molecule has 2 heterocycles. The summed E-state index contributed by atoms with van der Waals surface area (Å²) in [7, 11) is 2.05. The highest BCUT2D eigenvalue weighted by atomic mass is 16.3. The summed E-state index contributed by atoms with van der Waals surface area (Å²) in [5.41, 5.74) is 0.965. The standard InChI is InChI=1S/C42H70N6O5/c1-6-8-20-36(40(51)44-35(28-32-16-12-10-13-17-32)38(49)30-34(31(3)4)39(50)43-21-9-7-2)47-26-27-48(42(53)46-24-22-45(5)23-25-46)37(41(47)52)29-33-18-14-11-15-19-33/h11,14-15,18-19,31-32,34-38,49H,6-10,12-13,16-17,20-30H2,1-5H3,(H,43,50)(H,44,51)/t34-,35-,36+,37+,38-/m0/s1. The van der Waals surface area contributed by atoms with Crippen LogP contribution in [0.1, 0.15) is 110 Å². The van der Waals surface area contributed by atoms with E-state index in [1.165, 1.54) is 6.42 Å². The third kappa shape index (κ3) is 12.4. The van der Waals surface area contributed by atoms with Crippen LogP contribution in [0.5, 0.6) is 0 Å². The molecule has 1 saturated carbocycles. The number of aliphatic hydroxyl groups excluding tert-OH is 1. The van der Waals surface area contributed by atoms with E-state index in [1.807, 2.05) is 49.1 Å². The van der Waals surface area contributed by atoms with Crippen LogP contribution in [-0.4, -0.2) is 126 Å². The SMILES string of the molecule is CCCCNC(=O)[C@@H](C[C@H](O)[C@H](CC1CCCCC1)NC(=O)[C@@H](CCCC)N1CCN(C(=O)N2CCN(C)CC2)[C@H](Cc2ccccc2)C1=O)C(C)C. The topological polar surface area (TPSA) is 126 Å². The molecule has 1 aromatic carbocycles. The number of carbonyl (C=O) groups excluding carboxylic acids is 4. The van der Waals surface area contributed by atoms with Gasteiger partial charge in [-0.05, 0) is 50.1 Å². The van der Waals surface area contributed by atoms with Crippen molar-refractivity contribution in [2.45, 2.75) is 135 Å². The molecule has 0 aromatic heterocycles. The van der Waals surface area contributed by atoms with Gasteiger partial charge in [-0.3, -0.25) is 14.4 Å². The molecule has 11 nitrogen and oxygen atoms in total. The summed E-state index contributed by atoms with van der Waals surface area (Å²) in [5.74, 6) is -0.470. The van der Waals surface area contributed by atoms with Crippen molar-refractivity contribution in [3.63, 3.8) is 0 Å². The summed E-state index contributed by atoms with van der Waals surface area (Å²) < 4.78 is 0. The Balaban J connectivity index is 1.57. The highest BCUT2D eigenvalue weighted by Gasteiger charge is 2.44. The Bertz CT molecular complexity index is 1280. The quantitative estimate of drug-likeness (QED) is 0.181. The summed E-state index contributed by atoms with van der Waals surface area (Å²) in [6.07, 6.45) is 10.0. The Hall–Kier alpha value is -3.18. The van der Waals surface area contributed by atoms with Gasteiger partial charge in [0.15, 0.2) is 0 Å². The molecule has 3 N–H and O–H groups in total. The van der Waals surface area contributed by atoms with Crippen LogP contribution < -0.4 is 10.6 Å². The third-order valence-corrected chi connectivity index (χ3v) is 11.9. The highest BCUT2D eigenvalue weighted by molar-refractivity contribution is 5.93. The number of piperazine rings is 2. The van der Waals surface area contributed by atoms with E-state index in [1.54, 1.807) is 9.80 Å². The molecule has 1 aromatic rings. The number of hydrogen-bond donors (Lipinski definition) is 3. The number of nitrogens with zero attached hydrogens (tertiary/aromatic N) is 4. The number of rotatable bonds is 18. The van der Waals surface area contributed by atoms with E-state index in [4.69, 9.17) is 0 Å². The Morgan fingerprint density at radius 1 is 0.887 bits per heavy atom. The maximum atomic E-state index is 14.7. The van der Waals surface area contributed by atoms with Crippen molar-refractivity contribution in [1.82, 2.24) is 30.2 Å². The molecule has 53 heavy (non-hydrogen) atoms. The predicted molar refractivity (Wildman–Crippen MR) is 210 cm³/mol. The zero-order valence-corrected chi connectivity index (χ0v) is 33.4. The second-order valence-electron chi connectivity index (χ2n) is 16.3. The van der Waals surface area contributed by atoms with E-state index in [0.29, 0.717) is 51.4 Å². The Kier molecular flexibility index (Phi) is 17.4. The number of urea groups is 1. The van der Waals surface area contributed by atoms with E-state index < -0.39 is 24.2 Å². The van der Waals surface area contributed by atoms with E-state index >= 15 is 0 Å². The van der Waals surface area contributed by atoms with Gasteiger partial charge in [0.2, 0.25) is 17.7 Å². The minimum absolute atomic E-state index is 0.0265. The Labute approximate surface area is 319 Å². The molecule has 4 rings (SSSR count). The number of unbranched alkanes of at least 4 members (excludes halogenated alkanes) is 2. The first kappa shape index (κ1) is 42.6. The van der Waals surface area contributed by atoms with Crippen molar-refractivity contribution in [1.29, 1.82) is 0 Å². The van der Waals surface area contributed by atoms with Crippen LogP contribution in [0.25, 0.3) is 0 Å². The van der Waals surface area contributed by atoms with Crippen molar-refractivity contribution in [3.8, 4) is 0 Å². The van der Waals surface area contributed by atoms with Crippen LogP contribution in [0, 0.1) is 17.8 Å². The molecule has 0 bridgehead atoms. The van der Waals surface area contributed by atoms with Gasteiger partial charge in [-0.15, -0.1) is 0 Å². The molecule has 298 valence electrons. The van der Waals surface area contributed by atoms with Gasteiger partial charge in [-0.25, -0.2) is 4.79 Å². The number of aliphatic hydroxyl groups is 1. The fourth-order valence-electron chi connectivity index (χ4n) is 8.38. The van der Waals surface area contributed by atoms with Crippen LogP contribution in [0.3, 0.4) is 0 Å². The lowest BCUT2D eigenvalue weighted by Gasteiger charge is -2.46. The smallest absolute Gasteiger partial charge is 0.320 e. The van der Waals surface area contributed by atoms with Crippen LogP contribution in [0.2, 0.25) is 0 Å². The largest absolute Gasteiger partial charge is 0.391 e. The molecule has 2 aliphatic heterocycles. The third-order valence-electron chi connectivity index (χ3n) is 11.9. The van der Waals surface area contributed by atoms with E-state index in [0.717, 1.165) is 70.0 Å². The second-order valence-corrected chi connectivity index (χ2v) is 16.3. The number of benzene rings is 1. The predicted octanol–water partition coefficient (Wildman–Crippen LogP) is 5.06. The van der Waals surface area contributed by atoms with Gasteiger partial charge in [-0.2, -0.15) is 0 Å². The van der Waals surface area contributed by atoms with Crippen molar-refractivity contribution in [2.24, 2.45) is 17.8 Å². The molecule has 2 saturated heterocycles. The molecule has 5 atom stereocenters. The Morgan fingerprint density at radius 2 is 1.57 bits per heavy atom. The van der Waals surface area contributed by atoms with Crippen LogP contribution in [-0.2, 0) is 20.8 Å². The lowest BCUT2D eigenvalue weighted by atomic mass is 9.81. The molecular formula is C42H70N6O5. The molecule has 1 aliphatic carbocycles. The number of carbonyl (C=O) groups is 4. The zero-order valence-electron chi connectivity index (χ0n) is 33.4. The molecule has 0 unspecified atom stereocenters. The maximum absolute atomic E-state index is 14.7. The Morgan fingerprint density at radius 3 is 2.21 bits per heavy atom. The van der Waals surface area contributed by atoms with E-state index in [2.05, 4.69) is 36.4 Å². The van der Waals surface area contributed by atoms with Crippen LogP contribution >= 0.6 is 0 Å². The highest BCUT2D eigenvalue weighted by Crippen LogP contribution is 2.30. The van der Waals surface area contributed by atoms with Gasteiger partial charge in [0.05, 0.1) is 12.1 Å². The second kappa shape index (κ2) is 21.6. The van der Waals surface area contributed by atoms with Crippen molar-refractivity contribution in [2.75, 3.05) is 52.9 Å². The van der Waals surface area contributed by atoms with Gasteiger partial charge in [-0.1, -0.05) is 109 Å². The monoisotopic (exact) mass is 739 g/mol. The van der Waals surface area contributed by atoms with Gasteiger partial charge in [0.25, 0.3) is 0 Å². The van der Waals surface area contributed by atoms with Gasteiger partial charge in [0.1, 0.15) is 12.1 Å². The molecule has 0 spiro atoms. The van der Waals surface area contributed by atoms with E-state index in [9.17, 15) is 24.3 Å². The van der Waals surface area contributed by atoms with Crippen molar-refractivity contribution < 1.29 is 24.3 Å². The fraction of sp³-hybridized carbons (Fsp3) is 0.762. The number of hydrogen-bond acceptors (Lipinski definition) is 6. The van der Waals surface area contributed by atoms with Gasteiger partial charge < -0.3 is 35.3 Å². The molecule has 3 fully saturated rings. The van der Waals surface area contributed by atoms with Gasteiger partial charge >= 0.3 is 6.03 Å². The summed E-state index contributed by atoms with van der Waals surface area (Å²) in [4.78, 5) is 64.0. The fourth-order valence-corrected chi connectivity index (χ4v) is 8.38. The lowest BCUT2D eigenvalue weighted by molar-refractivity contribution is -0.149. The minimum Gasteiger partial charge on any atom is -0.391 e. The first-order valence-electron chi connectivity index (χ1n) is 20.9. The normalized spacial score (nSPS) is 21.3. The zero-order chi connectivity index (χ0) is 38.3. The van der Waals surface area contributed by atoms with Crippen molar-refractivity contribution in [3.05, 3.63) is 35.9 Å². The van der Waals surface area contributed by atoms with Crippen LogP contribution in [0.4, 0.5) is 4.79 Å². The first-order valence-corrected chi connectivity index (χ1v) is 20.9.